The molecule has 7 radical (unpaired) electrons. The molecule has 0 saturated carbocycles. The smallest absolute Gasteiger partial charge is 1.00 e. The minimum atomic E-state index is 0. The van der Waals surface area contributed by atoms with Crippen LogP contribution in [0.5, 0.6) is 0 Å². The SMILES string of the molecule is C.C.CCCCN(CCCC)CCCC.CCCCN(CCCC)CCCC.N#CC#N.N#CC#N.O.O.[B-].[B].[Na+].[Na+].[OH-]. The third kappa shape index (κ3) is 99.4. The van der Waals surface area contributed by atoms with Crippen LogP contribution in [0.4, 0.5) is 0 Å². The fourth-order valence-corrected chi connectivity index (χ4v) is 2.96. The van der Waals surface area contributed by atoms with Crippen LogP contribution in [-0.2, 0) is 0 Å². The molecule has 5 N–H and O–H groups in total. The molecule has 0 bridgehead atoms. The van der Waals surface area contributed by atoms with Crippen LogP contribution in [0.15, 0.2) is 0 Å². The number of unbranched alkanes of at least 4 members (excludes halogenated alkanes) is 6. The average molecular weight is 628 g/mol. The third-order valence-electron chi connectivity index (χ3n) is 5.07. The molecule has 9 nitrogen and oxygen atoms in total. The molecule has 243 valence electrons. The zero-order chi connectivity index (χ0) is 26.7. The van der Waals surface area contributed by atoms with E-state index in [-0.39, 0.29) is 107 Å². The molecule has 0 aliphatic carbocycles. The number of rotatable bonds is 18. The first-order valence-corrected chi connectivity index (χ1v) is 13.5. The van der Waals surface area contributed by atoms with Crippen molar-refractivity contribution in [2.45, 2.75) is 133 Å². The van der Waals surface area contributed by atoms with Crippen molar-refractivity contribution in [1.29, 1.82) is 21.0 Å². The second-order valence-corrected chi connectivity index (χ2v) is 8.25. The monoisotopic (exact) mass is 628 g/mol. The molecule has 0 saturated heterocycles. The Kier molecular flexibility index (Phi) is 176. The van der Waals surface area contributed by atoms with Crippen molar-refractivity contribution < 1.29 is 75.5 Å². The van der Waals surface area contributed by atoms with Gasteiger partial charge in [0.25, 0.3) is 0 Å². The van der Waals surface area contributed by atoms with E-state index in [2.05, 4.69) is 51.3 Å². The molecule has 0 aliphatic heterocycles. The Morgan fingerprint density at radius 2 is 0.535 bits per heavy atom. The van der Waals surface area contributed by atoms with Crippen LogP contribution >= 0.6 is 0 Å². The van der Waals surface area contributed by atoms with Crippen LogP contribution in [0.1, 0.15) is 133 Å². The first-order chi connectivity index (χ1) is 16.5. The van der Waals surface area contributed by atoms with E-state index in [4.69, 9.17) is 21.0 Å². The molecular weight excluding hydrogens is 560 g/mol. The predicted octanol–water partition coefficient (Wildman–Crippen LogP) is 0.137. The summed E-state index contributed by atoms with van der Waals surface area (Å²) in [5.41, 5.74) is 0. The van der Waals surface area contributed by atoms with E-state index in [9.17, 15) is 0 Å². The molecule has 0 aromatic carbocycles. The molecule has 0 fully saturated rings. The summed E-state index contributed by atoms with van der Waals surface area (Å²) in [4.78, 5) is 5.27. The zero-order valence-corrected chi connectivity index (χ0v) is 32.0. The maximum absolute atomic E-state index is 7.26. The standard InChI is InChI=1S/2C12H27N.2C2N2.2CH4.2B.2Na.3H2O/c2*1-4-7-10-13(11-8-5-2)12-9-6-3;2*3-1-2-4;;;;;;;;;/h2*4-12H2,1-3H3;;;2*1H4;;;;;3*1H2/q;;;;;;;-1;2*+1;;;/p-1. The van der Waals surface area contributed by atoms with E-state index < -0.39 is 0 Å². The maximum Gasteiger partial charge on any atom is 1.00 e. The van der Waals surface area contributed by atoms with Crippen LogP contribution < -0.4 is 59.1 Å². The number of nitriles is 4. The quantitative estimate of drug-likeness (QED) is 0.193. The van der Waals surface area contributed by atoms with Gasteiger partial charge in [-0.2, -0.15) is 21.0 Å². The van der Waals surface area contributed by atoms with Crippen molar-refractivity contribution in [3.05, 3.63) is 0 Å². The van der Waals surface area contributed by atoms with E-state index in [0.29, 0.717) is 0 Å². The van der Waals surface area contributed by atoms with Gasteiger partial charge in [0.15, 0.2) is 24.3 Å². The minimum Gasteiger partial charge on any atom is -1.00 e. The van der Waals surface area contributed by atoms with Crippen LogP contribution in [0.3, 0.4) is 0 Å². The fraction of sp³-hybridized carbons (Fsp3) is 0.867. The summed E-state index contributed by atoms with van der Waals surface area (Å²) in [6, 6.07) is 4.94. The van der Waals surface area contributed by atoms with Crippen molar-refractivity contribution in [3.8, 4) is 24.3 Å². The van der Waals surface area contributed by atoms with Crippen LogP contribution in [-0.4, -0.2) is 82.3 Å². The third-order valence-corrected chi connectivity index (χ3v) is 5.07. The first kappa shape index (κ1) is 84.2. The van der Waals surface area contributed by atoms with Crippen molar-refractivity contribution in [1.82, 2.24) is 9.80 Å². The molecule has 0 unspecified atom stereocenters. The molecule has 0 rings (SSSR count). The van der Waals surface area contributed by atoms with Gasteiger partial charge in [-0.15, -0.1) is 0 Å². The largest absolute Gasteiger partial charge is 1.00 e. The Labute approximate surface area is 317 Å². The molecule has 0 aliphatic rings. The van der Waals surface area contributed by atoms with Crippen LogP contribution in [0.25, 0.3) is 0 Å². The van der Waals surface area contributed by atoms with Gasteiger partial charge in [-0.3, -0.25) is 0 Å². The molecular formula is C30H67B2N6Na2O3. The van der Waals surface area contributed by atoms with Crippen LogP contribution in [0, 0.1) is 45.3 Å². The fourth-order valence-electron chi connectivity index (χ4n) is 2.96. The first-order valence-electron chi connectivity index (χ1n) is 13.5. The molecule has 0 atom stereocenters. The summed E-state index contributed by atoms with van der Waals surface area (Å²) in [5.74, 6) is 0. The van der Waals surface area contributed by atoms with Gasteiger partial charge in [-0.1, -0.05) is 94.9 Å². The second-order valence-electron chi connectivity index (χ2n) is 8.25. The number of hydrogen-bond acceptors (Lipinski definition) is 7. The van der Waals surface area contributed by atoms with E-state index in [1.807, 2.05) is 0 Å². The van der Waals surface area contributed by atoms with E-state index >= 15 is 0 Å². The van der Waals surface area contributed by atoms with Gasteiger partial charge in [0.05, 0.1) is 0 Å². The molecule has 0 aromatic rings. The summed E-state index contributed by atoms with van der Waals surface area (Å²) in [6.07, 6.45) is 16.2. The topological polar surface area (TPSA) is 195 Å². The Morgan fingerprint density at radius 1 is 0.419 bits per heavy atom. The maximum atomic E-state index is 7.26. The van der Waals surface area contributed by atoms with Crippen molar-refractivity contribution >= 4 is 16.8 Å². The van der Waals surface area contributed by atoms with Gasteiger partial charge < -0.3 is 34.6 Å². The second kappa shape index (κ2) is 90.0. The summed E-state index contributed by atoms with van der Waals surface area (Å²) >= 11 is 0. The van der Waals surface area contributed by atoms with Crippen molar-refractivity contribution in [3.63, 3.8) is 0 Å². The summed E-state index contributed by atoms with van der Waals surface area (Å²) in [6.45, 7) is 21.5. The van der Waals surface area contributed by atoms with E-state index in [0.717, 1.165) is 0 Å². The molecule has 0 spiro atoms. The summed E-state index contributed by atoms with van der Waals surface area (Å²) < 4.78 is 0. The summed E-state index contributed by atoms with van der Waals surface area (Å²) in [5, 5.41) is 29.1. The zero-order valence-electron chi connectivity index (χ0n) is 28.0. The predicted molar refractivity (Wildman–Crippen MR) is 179 cm³/mol. The summed E-state index contributed by atoms with van der Waals surface area (Å²) in [7, 11) is 0. The Hall–Kier alpha value is -0.110. The molecule has 0 amide bonds. The number of hydrogen-bond donors (Lipinski definition) is 0. The Bertz CT molecular complexity index is 450. The van der Waals surface area contributed by atoms with Gasteiger partial charge in [0, 0.05) is 8.41 Å². The minimum absolute atomic E-state index is 0. The molecule has 0 aromatic heterocycles. The van der Waals surface area contributed by atoms with E-state index in [1.165, 1.54) is 141 Å². The Balaban J connectivity index is -0.0000000260. The van der Waals surface area contributed by atoms with Gasteiger partial charge in [-0.05, 0) is 77.8 Å². The Morgan fingerprint density at radius 3 is 0.605 bits per heavy atom. The van der Waals surface area contributed by atoms with E-state index in [1.54, 1.807) is 0 Å². The van der Waals surface area contributed by atoms with Gasteiger partial charge >= 0.3 is 59.1 Å². The van der Waals surface area contributed by atoms with Gasteiger partial charge in [-0.25, -0.2) is 0 Å². The molecule has 0 heterocycles. The van der Waals surface area contributed by atoms with Crippen molar-refractivity contribution in [2.24, 2.45) is 0 Å². The van der Waals surface area contributed by atoms with Gasteiger partial charge in [0.2, 0.25) is 0 Å². The van der Waals surface area contributed by atoms with Crippen LogP contribution in [0.2, 0.25) is 0 Å². The number of nitrogens with zero attached hydrogens (tertiary/aromatic N) is 6. The average Bonchev–Trinajstić information content (AvgIpc) is 2.88. The normalized spacial score (nSPS) is 7.16. The van der Waals surface area contributed by atoms with Gasteiger partial charge in [0.1, 0.15) is 0 Å². The molecule has 43 heavy (non-hydrogen) atoms. The molecule has 13 heteroatoms. The van der Waals surface area contributed by atoms with Crippen molar-refractivity contribution in [2.75, 3.05) is 39.3 Å².